The largest absolute Gasteiger partial charge is 0.481 e. The molecule has 0 spiro atoms. The van der Waals surface area contributed by atoms with Crippen molar-refractivity contribution in [1.29, 1.82) is 0 Å². The van der Waals surface area contributed by atoms with Crippen molar-refractivity contribution < 1.29 is 19.4 Å². The van der Waals surface area contributed by atoms with Gasteiger partial charge >= 0.3 is 11.9 Å². The van der Waals surface area contributed by atoms with E-state index in [2.05, 4.69) is 62.5 Å². The van der Waals surface area contributed by atoms with Gasteiger partial charge in [-0.25, -0.2) is 0 Å². The third-order valence-electron chi connectivity index (χ3n) is 6.32. The molecule has 0 fully saturated rings. The molecule has 0 bridgehead atoms. The minimum absolute atomic E-state index is 0.00709. The van der Waals surface area contributed by atoms with Crippen LogP contribution in [0.3, 0.4) is 0 Å². The summed E-state index contributed by atoms with van der Waals surface area (Å²) >= 11 is 0. The van der Waals surface area contributed by atoms with E-state index in [9.17, 15) is 9.59 Å². The van der Waals surface area contributed by atoms with E-state index < -0.39 is 5.97 Å². The highest BCUT2D eigenvalue weighted by atomic mass is 16.5. The lowest BCUT2D eigenvalue weighted by Gasteiger charge is -2.18. The molecule has 37 heavy (non-hydrogen) atoms. The second kappa shape index (κ2) is 28.5. The highest BCUT2D eigenvalue weighted by Crippen LogP contribution is 2.17. The summed E-state index contributed by atoms with van der Waals surface area (Å²) in [6.07, 6.45) is 37.0. The molecule has 0 aliphatic carbocycles. The van der Waals surface area contributed by atoms with Gasteiger partial charge in [0.2, 0.25) is 0 Å². The number of carbonyl (C=O) groups excluding carboxylic acids is 1. The lowest BCUT2D eigenvalue weighted by atomic mass is 10.0. The van der Waals surface area contributed by atoms with Crippen LogP contribution in [0.5, 0.6) is 0 Å². The molecule has 0 saturated heterocycles. The van der Waals surface area contributed by atoms with E-state index in [1.165, 1.54) is 25.7 Å². The van der Waals surface area contributed by atoms with Gasteiger partial charge in [-0.15, -0.1) is 0 Å². The van der Waals surface area contributed by atoms with E-state index >= 15 is 0 Å². The summed E-state index contributed by atoms with van der Waals surface area (Å²) in [6, 6.07) is 0. The Morgan fingerprint density at radius 2 is 1.14 bits per heavy atom. The van der Waals surface area contributed by atoms with E-state index in [0.717, 1.165) is 83.5 Å². The molecule has 1 unspecified atom stereocenters. The maximum atomic E-state index is 12.4. The van der Waals surface area contributed by atoms with Gasteiger partial charge in [-0.3, -0.25) is 9.59 Å². The van der Waals surface area contributed by atoms with Crippen LogP contribution in [0, 0.1) is 0 Å². The van der Waals surface area contributed by atoms with Gasteiger partial charge in [-0.1, -0.05) is 101 Å². The average Bonchev–Trinajstić information content (AvgIpc) is 2.87. The van der Waals surface area contributed by atoms with E-state index in [4.69, 9.17) is 9.84 Å². The van der Waals surface area contributed by atoms with E-state index in [0.29, 0.717) is 12.8 Å². The minimum atomic E-state index is -0.735. The smallest absolute Gasteiger partial charge is 0.306 e. The molecule has 212 valence electrons. The first kappa shape index (κ1) is 34.9. The molecule has 0 aliphatic heterocycles. The van der Waals surface area contributed by atoms with Gasteiger partial charge in [0.1, 0.15) is 6.10 Å². The number of esters is 1. The normalized spacial score (nSPS) is 12.9. The van der Waals surface area contributed by atoms with Gasteiger partial charge in [0.15, 0.2) is 0 Å². The molecule has 0 amide bonds. The first-order chi connectivity index (χ1) is 18.1. The Balaban J connectivity index is 3.87. The first-order valence-electron chi connectivity index (χ1n) is 15.1. The van der Waals surface area contributed by atoms with Crippen LogP contribution in [0.1, 0.15) is 142 Å². The molecule has 4 heteroatoms. The van der Waals surface area contributed by atoms with Crippen LogP contribution in [0.2, 0.25) is 0 Å². The minimum Gasteiger partial charge on any atom is -0.481 e. The molecule has 0 saturated carbocycles. The summed E-state index contributed by atoms with van der Waals surface area (Å²) in [7, 11) is 0. The molecule has 0 aromatic heterocycles. The number of carbonyl (C=O) groups is 2. The predicted octanol–water partition coefficient (Wildman–Crippen LogP) is 10.0. The number of aliphatic carboxylic acids is 1. The zero-order chi connectivity index (χ0) is 27.2. The Kier molecular flexibility index (Phi) is 26.9. The van der Waals surface area contributed by atoms with Crippen molar-refractivity contribution >= 4 is 11.9 Å². The van der Waals surface area contributed by atoms with E-state index in [-0.39, 0.29) is 18.5 Å². The van der Waals surface area contributed by atoms with Crippen LogP contribution in [-0.2, 0) is 14.3 Å². The van der Waals surface area contributed by atoms with Crippen molar-refractivity contribution in [2.75, 3.05) is 0 Å². The third-order valence-corrected chi connectivity index (χ3v) is 6.32. The molecule has 0 rings (SSSR count). The lowest BCUT2D eigenvalue weighted by Crippen LogP contribution is -2.18. The molecule has 0 aromatic carbocycles. The molecule has 4 nitrogen and oxygen atoms in total. The number of ether oxygens (including phenoxy) is 1. The number of carboxylic acid groups (broad SMARTS) is 1. The third kappa shape index (κ3) is 28.3. The van der Waals surface area contributed by atoms with Crippen molar-refractivity contribution in [3.8, 4) is 0 Å². The summed E-state index contributed by atoms with van der Waals surface area (Å²) in [5, 5.41) is 8.77. The Labute approximate surface area is 228 Å². The predicted molar refractivity (Wildman–Crippen MR) is 158 cm³/mol. The van der Waals surface area contributed by atoms with Crippen molar-refractivity contribution in [2.24, 2.45) is 0 Å². The standard InChI is InChI=1S/C33H56O4/c1-3-5-7-9-10-11-12-13-14-15-16-17-18-19-20-21-26-30-33(36)37-31(27-23-8-6-4-2)28-24-22-25-29-32(34)35/h5,7,10-11,13-14,16-17,31H,3-4,6,8-9,12,15,18-30H2,1-2H3,(H,34,35)/b7-5-,11-10-,14-13-,17-16-. The van der Waals surface area contributed by atoms with Crippen LogP contribution in [0.4, 0.5) is 0 Å². The first-order valence-corrected chi connectivity index (χ1v) is 15.1. The quantitative estimate of drug-likeness (QED) is 0.0705. The van der Waals surface area contributed by atoms with Crippen LogP contribution >= 0.6 is 0 Å². The summed E-state index contributed by atoms with van der Waals surface area (Å²) in [5.41, 5.74) is 0. The topological polar surface area (TPSA) is 63.6 Å². The van der Waals surface area contributed by atoms with Crippen molar-refractivity contribution in [3.05, 3.63) is 48.6 Å². The molecular weight excluding hydrogens is 460 g/mol. The Hall–Kier alpha value is -2.10. The van der Waals surface area contributed by atoms with Gasteiger partial charge in [-0.05, 0) is 77.0 Å². The SMILES string of the molecule is CC/C=C\C/C=C\C/C=C\C/C=C\CCCCCCC(=O)OC(CCCCCC)CCCCCC(=O)O. The number of carboxylic acids is 1. The Morgan fingerprint density at radius 3 is 1.73 bits per heavy atom. The van der Waals surface area contributed by atoms with Gasteiger partial charge in [0.05, 0.1) is 0 Å². The lowest BCUT2D eigenvalue weighted by molar-refractivity contribution is -0.150. The Morgan fingerprint density at radius 1 is 0.622 bits per heavy atom. The van der Waals surface area contributed by atoms with Crippen molar-refractivity contribution in [1.82, 2.24) is 0 Å². The second-order valence-electron chi connectivity index (χ2n) is 9.91. The fourth-order valence-electron chi connectivity index (χ4n) is 4.11. The van der Waals surface area contributed by atoms with Gasteiger partial charge in [0, 0.05) is 12.8 Å². The number of unbranched alkanes of at least 4 members (excludes halogenated alkanes) is 9. The zero-order valence-corrected chi connectivity index (χ0v) is 24.0. The number of rotatable bonds is 26. The maximum Gasteiger partial charge on any atom is 0.306 e. The highest BCUT2D eigenvalue weighted by Gasteiger charge is 2.14. The average molecular weight is 517 g/mol. The molecule has 0 radical (unpaired) electrons. The second-order valence-corrected chi connectivity index (χ2v) is 9.91. The molecule has 1 N–H and O–H groups in total. The summed E-state index contributed by atoms with van der Waals surface area (Å²) in [5.74, 6) is -0.800. The fourth-order valence-corrected chi connectivity index (χ4v) is 4.11. The molecule has 0 aromatic rings. The molecular formula is C33H56O4. The highest BCUT2D eigenvalue weighted by molar-refractivity contribution is 5.69. The van der Waals surface area contributed by atoms with Crippen molar-refractivity contribution in [2.45, 2.75) is 148 Å². The van der Waals surface area contributed by atoms with Crippen LogP contribution in [-0.4, -0.2) is 23.1 Å². The number of allylic oxidation sites excluding steroid dienone is 8. The zero-order valence-electron chi connectivity index (χ0n) is 24.0. The summed E-state index contributed by atoms with van der Waals surface area (Å²) in [4.78, 5) is 23.0. The van der Waals surface area contributed by atoms with E-state index in [1.54, 1.807) is 0 Å². The monoisotopic (exact) mass is 516 g/mol. The van der Waals surface area contributed by atoms with Gasteiger partial charge < -0.3 is 9.84 Å². The molecule has 0 aliphatic rings. The summed E-state index contributed by atoms with van der Waals surface area (Å²) in [6.45, 7) is 4.35. The summed E-state index contributed by atoms with van der Waals surface area (Å²) < 4.78 is 5.81. The number of hydrogen-bond donors (Lipinski definition) is 1. The van der Waals surface area contributed by atoms with Crippen LogP contribution < -0.4 is 0 Å². The van der Waals surface area contributed by atoms with Gasteiger partial charge in [0.25, 0.3) is 0 Å². The number of hydrogen-bond acceptors (Lipinski definition) is 3. The Bertz CT molecular complexity index is 645. The maximum absolute atomic E-state index is 12.4. The molecule has 0 heterocycles. The fraction of sp³-hybridized carbons (Fsp3) is 0.697. The van der Waals surface area contributed by atoms with E-state index in [1.807, 2.05) is 0 Å². The molecule has 1 atom stereocenters. The van der Waals surface area contributed by atoms with Crippen LogP contribution in [0.25, 0.3) is 0 Å². The van der Waals surface area contributed by atoms with Crippen LogP contribution in [0.15, 0.2) is 48.6 Å². The van der Waals surface area contributed by atoms with Gasteiger partial charge in [-0.2, -0.15) is 0 Å². The van der Waals surface area contributed by atoms with Crippen molar-refractivity contribution in [3.63, 3.8) is 0 Å².